The Morgan fingerprint density at radius 3 is 3.03 bits per heavy atom. The number of halogens is 2. The van der Waals surface area contributed by atoms with Gasteiger partial charge in [-0.1, -0.05) is 0 Å². The van der Waals surface area contributed by atoms with Gasteiger partial charge in [0.2, 0.25) is 11.8 Å². The van der Waals surface area contributed by atoms with Crippen molar-refractivity contribution in [2.24, 2.45) is 0 Å². The molecule has 3 aromatic heterocycles. The zero-order valence-corrected chi connectivity index (χ0v) is 18.1. The van der Waals surface area contributed by atoms with E-state index in [-0.39, 0.29) is 17.6 Å². The van der Waals surface area contributed by atoms with Crippen LogP contribution in [0.2, 0.25) is 0 Å². The van der Waals surface area contributed by atoms with Gasteiger partial charge in [-0.15, -0.1) is 11.6 Å². The van der Waals surface area contributed by atoms with Gasteiger partial charge < -0.3 is 14.5 Å². The molecular formula is C20H23ClFN7O2. The highest BCUT2D eigenvalue weighted by atomic mass is 35.5. The van der Waals surface area contributed by atoms with Gasteiger partial charge in [0.05, 0.1) is 25.5 Å². The molecule has 4 rings (SSSR count). The van der Waals surface area contributed by atoms with Crippen LogP contribution in [-0.4, -0.2) is 69.1 Å². The highest BCUT2D eigenvalue weighted by molar-refractivity contribution is 6.17. The number of nitrogens with zero attached hydrogens (tertiary/aromatic N) is 6. The predicted octanol–water partition coefficient (Wildman–Crippen LogP) is 2.94. The quantitative estimate of drug-likeness (QED) is 0.556. The maximum Gasteiger partial charge on any atom is 0.276 e. The summed E-state index contributed by atoms with van der Waals surface area (Å²) in [5, 5.41) is 6.98. The second-order valence-corrected chi connectivity index (χ2v) is 7.76. The standard InChI is InChI=1S/C20H23ClFN7O2/c1-28(7-4-6-21)19(30)17-16-14(26-27-17)11-24-20(25-16)29-8-3-5-15(29)13-9-12(22)10-23-18(13)31-2/h9-11,15H,3-8H2,1-2H3,(H,26,27)/t15-/m1/s1. The summed E-state index contributed by atoms with van der Waals surface area (Å²) in [5.74, 6) is 0.622. The number of ether oxygens (including phenoxy) is 1. The zero-order valence-electron chi connectivity index (χ0n) is 17.3. The van der Waals surface area contributed by atoms with Crippen LogP contribution >= 0.6 is 11.6 Å². The fourth-order valence-corrected chi connectivity index (χ4v) is 3.97. The highest BCUT2D eigenvalue weighted by Gasteiger charge is 2.32. The molecule has 164 valence electrons. The van der Waals surface area contributed by atoms with E-state index in [0.717, 1.165) is 19.0 Å². The predicted molar refractivity (Wildman–Crippen MR) is 114 cm³/mol. The number of fused-ring (bicyclic) bond motifs is 1. The van der Waals surface area contributed by atoms with Crippen LogP contribution in [0.15, 0.2) is 18.5 Å². The molecule has 4 heterocycles. The number of nitrogens with one attached hydrogen (secondary N) is 1. The molecule has 9 nitrogen and oxygen atoms in total. The van der Waals surface area contributed by atoms with Gasteiger partial charge in [0.15, 0.2) is 5.69 Å². The molecule has 1 saturated heterocycles. The molecule has 0 aromatic carbocycles. The molecule has 1 N–H and O–H groups in total. The number of amides is 1. The first-order chi connectivity index (χ1) is 15.0. The van der Waals surface area contributed by atoms with Crippen LogP contribution in [0.5, 0.6) is 5.88 Å². The van der Waals surface area contributed by atoms with Crippen LogP contribution in [0.4, 0.5) is 10.3 Å². The van der Waals surface area contributed by atoms with Gasteiger partial charge in [-0.05, 0) is 25.3 Å². The molecule has 11 heteroatoms. The summed E-state index contributed by atoms with van der Waals surface area (Å²) >= 11 is 5.74. The van der Waals surface area contributed by atoms with Crippen molar-refractivity contribution in [3.63, 3.8) is 0 Å². The minimum absolute atomic E-state index is 0.187. The lowest BCUT2D eigenvalue weighted by atomic mass is 10.1. The normalized spacial score (nSPS) is 16.1. The van der Waals surface area contributed by atoms with E-state index in [4.69, 9.17) is 16.3 Å². The lowest BCUT2D eigenvalue weighted by Gasteiger charge is -2.25. The van der Waals surface area contributed by atoms with Gasteiger partial charge in [0, 0.05) is 31.6 Å². The van der Waals surface area contributed by atoms with Crippen LogP contribution < -0.4 is 9.64 Å². The monoisotopic (exact) mass is 447 g/mol. The van der Waals surface area contributed by atoms with E-state index in [1.807, 2.05) is 4.90 Å². The average Bonchev–Trinajstić information content (AvgIpc) is 3.43. The van der Waals surface area contributed by atoms with Gasteiger partial charge in [-0.2, -0.15) is 5.10 Å². The number of rotatable bonds is 7. The lowest BCUT2D eigenvalue weighted by Crippen LogP contribution is -2.29. The SMILES string of the molecule is COc1ncc(F)cc1[C@H]1CCCN1c1ncc2[nH]nc(C(=O)N(C)CCCCl)c2n1. The Balaban J connectivity index is 1.68. The number of alkyl halides is 1. The number of carbonyl (C=O) groups excluding carboxylic acids is 1. The summed E-state index contributed by atoms with van der Waals surface area (Å²) in [5.41, 5.74) is 1.89. The van der Waals surface area contributed by atoms with Crippen LogP contribution in [0, 0.1) is 5.82 Å². The average molecular weight is 448 g/mol. The number of hydrogen-bond donors (Lipinski definition) is 1. The minimum Gasteiger partial charge on any atom is -0.481 e. The zero-order chi connectivity index (χ0) is 22.0. The van der Waals surface area contributed by atoms with E-state index in [1.165, 1.54) is 13.2 Å². The Kier molecular flexibility index (Phi) is 6.17. The van der Waals surface area contributed by atoms with Crippen molar-refractivity contribution in [2.45, 2.75) is 25.3 Å². The number of hydrogen-bond acceptors (Lipinski definition) is 7. The molecule has 0 saturated carbocycles. The highest BCUT2D eigenvalue weighted by Crippen LogP contribution is 2.38. The van der Waals surface area contributed by atoms with E-state index in [9.17, 15) is 9.18 Å². The molecule has 0 aliphatic carbocycles. The molecule has 1 fully saturated rings. The second-order valence-electron chi connectivity index (χ2n) is 7.38. The second kappa shape index (κ2) is 9.01. The maximum atomic E-state index is 13.9. The van der Waals surface area contributed by atoms with Crippen molar-refractivity contribution in [3.05, 3.63) is 35.5 Å². The number of aromatic nitrogens is 5. The van der Waals surface area contributed by atoms with E-state index >= 15 is 0 Å². The lowest BCUT2D eigenvalue weighted by molar-refractivity contribution is 0.0791. The molecule has 3 aromatic rings. The molecular weight excluding hydrogens is 425 g/mol. The Hall–Kier alpha value is -3.01. The van der Waals surface area contributed by atoms with Crippen LogP contribution in [0.25, 0.3) is 11.0 Å². The summed E-state index contributed by atoms with van der Waals surface area (Å²) in [7, 11) is 3.22. The van der Waals surface area contributed by atoms with E-state index in [0.29, 0.717) is 53.8 Å². The summed E-state index contributed by atoms with van der Waals surface area (Å²) in [4.78, 5) is 29.5. The van der Waals surface area contributed by atoms with Crippen molar-refractivity contribution in [2.75, 3.05) is 38.0 Å². The summed E-state index contributed by atoms with van der Waals surface area (Å²) in [6, 6.07) is 1.25. The Bertz CT molecular complexity index is 1090. The Labute approximate surface area is 183 Å². The van der Waals surface area contributed by atoms with Crippen molar-refractivity contribution in [3.8, 4) is 5.88 Å². The molecule has 0 bridgehead atoms. The number of anilines is 1. The summed E-state index contributed by atoms with van der Waals surface area (Å²) in [6.07, 6.45) is 5.08. The van der Waals surface area contributed by atoms with Crippen LogP contribution in [0.3, 0.4) is 0 Å². The molecule has 0 unspecified atom stereocenters. The van der Waals surface area contributed by atoms with Crippen LogP contribution in [0.1, 0.15) is 41.4 Å². The number of methoxy groups -OCH3 is 1. The van der Waals surface area contributed by atoms with Gasteiger partial charge in [-0.25, -0.2) is 19.3 Å². The first kappa shape index (κ1) is 21.2. The van der Waals surface area contributed by atoms with Crippen molar-refractivity contribution >= 4 is 34.5 Å². The van der Waals surface area contributed by atoms with Crippen molar-refractivity contribution < 1.29 is 13.9 Å². The molecule has 1 aliphatic rings. The van der Waals surface area contributed by atoms with Gasteiger partial charge in [0.1, 0.15) is 16.9 Å². The molecule has 31 heavy (non-hydrogen) atoms. The van der Waals surface area contributed by atoms with Gasteiger partial charge in [0.25, 0.3) is 5.91 Å². The molecule has 1 amide bonds. The molecule has 0 spiro atoms. The summed E-state index contributed by atoms with van der Waals surface area (Å²) < 4.78 is 19.3. The third-order valence-electron chi connectivity index (χ3n) is 5.37. The first-order valence-electron chi connectivity index (χ1n) is 10.0. The van der Waals surface area contributed by atoms with Crippen molar-refractivity contribution in [1.29, 1.82) is 0 Å². The molecule has 0 radical (unpaired) electrons. The third kappa shape index (κ3) is 4.12. The fourth-order valence-electron chi connectivity index (χ4n) is 3.85. The number of aromatic amines is 1. The number of carbonyl (C=O) groups is 1. The topological polar surface area (TPSA) is 100 Å². The summed E-state index contributed by atoms with van der Waals surface area (Å²) in [6.45, 7) is 1.21. The largest absolute Gasteiger partial charge is 0.481 e. The van der Waals surface area contributed by atoms with Gasteiger partial charge >= 0.3 is 0 Å². The first-order valence-corrected chi connectivity index (χ1v) is 10.6. The molecule has 1 atom stereocenters. The van der Waals surface area contributed by atoms with E-state index in [1.54, 1.807) is 18.1 Å². The van der Waals surface area contributed by atoms with Gasteiger partial charge in [-0.3, -0.25) is 9.89 Å². The third-order valence-corrected chi connectivity index (χ3v) is 5.64. The van der Waals surface area contributed by atoms with Crippen molar-refractivity contribution in [1.82, 2.24) is 30.0 Å². The minimum atomic E-state index is -0.429. The maximum absolute atomic E-state index is 13.9. The van der Waals surface area contributed by atoms with Crippen LogP contribution in [-0.2, 0) is 0 Å². The smallest absolute Gasteiger partial charge is 0.276 e. The fraction of sp³-hybridized carbons (Fsp3) is 0.450. The van der Waals surface area contributed by atoms with E-state index < -0.39 is 5.82 Å². The number of H-pyrrole nitrogens is 1. The van der Waals surface area contributed by atoms with E-state index in [2.05, 4.69) is 25.1 Å². The Morgan fingerprint density at radius 2 is 2.26 bits per heavy atom. The number of pyridine rings is 1. The molecule has 1 aliphatic heterocycles. The Morgan fingerprint density at radius 1 is 1.42 bits per heavy atom.